The van der Waals surface area contributed by atoms with Gasteiger partial charge in [0, 0.05) is 13.7 Å². The molecular weight excluding hydrogens is 172 g/mol. The van der Waals surface area contributed by atoms with Crippen molar-refractivity contribution in [3.05, 3.63) is 0 Å². The van der Waals surface area contributed by atoms with Gasteiger partial charge in [-0.1, -0.05) is 0 Å². The van der Waals surface area contributed by atoms with Crippen LogP contribution in [0.3, 0.4) is 0 Å². The number of hydrogen-bond donors (Lipinski definition) is 1. The van der Waals surface area contributed by atoms with Gasteiger partial charge in [0.05, 0.1) is 0 Å². The van der Waals surface area contributed by atoms with Crippen molar-refractivity contribution >= 4 is 11.8 Å². The number of amides is 2. The van der Waals surface area contributed by atoms with Crippen molar-refractivity contribution in [2.24, 2.45) is 5.73 Å². The Morgan fingerprint density at radius 3 is 2.85 bits per heavy atom. The van der Waals surface area contributed by atoms with Gasteiger partial charge in [-0.05, 0) is 12.8 Å². The number of carbonyl (C=O) groups is 2. The molecule has 0 aliphatic carbocycles. The van der Waals surface area contributed by atoms with Crippen molar-refractivity contribution < 1.29 is 14.3 Å². The number of carbonyl (C=O) groups excluding carboxylic acids is 2. The third kappa shape index (κ3) is 2.18. The summed E-state index contributed by atoms with van der Waals surface area (Å²) in [5.74, 6) is -0.592. The molecule has 74 valence electrons. The summed E-state index contributed by atoms with van der Waals surface area (Å²) in [6.45, 7) is 0.625. The minimum atomic E-state index is -0.429. The first-order valence-corrected chi connectivity index (χ1v) is 4.24. The van der Waals surface area contributed by atoms with Crippen molar-refractivity contribution in [1.29, 1.82) is 0 Å². The first-order valence-electron chi connectivity index (χ1n) is 4.24. The molecule has 1 saturated heterocycles. The molecule has 0 radical (unpaired) electrons. The normalized spacial score (nSPS) is 21.9. The second-order valence-corrected chi connectivity index (χ2v) is 3.08. The summed E-state index contributed by atoms with van der Waals surface area (Å²) in [5, 5.41) is 0. The van der Waals surface area contributed by atoms with Crippen molar-refractivity contribution in [3.8, 4) is 0 Å². The van der Waals surface area contributed by atoms with Crippen LogP contribution in [0, 0.1) is 0 Å². The maximum absolute atomic E-state index is 11.4. The minimum absolute atomic E-state index is 0.0176. The molecular formula is C8H14N2O3. The average Bonchev–Trinajstić information content (AvgIpc) is 2.52. The van der Waals surface area contributed by atoms with E-state index in [1.807, 2.05) is 0 Å². The second kappa shape index (κ2) is 4.23. The van der Waals surface area contributed by atoms with Gasteiger partial charge in [0.15, 0.2) is 0 Å². The summed E-state index contributed by atoms with van der Waals surface area (Å²) in [4.78, 5) is 23.8. The molecule has 0 aromatic carbocycles. The summed E-state index contributed by atoms with van der Waals surface area (Å²) in [5.41, 5.74) is 5.15. The lowest BCUT2D eigenvalue weighted by molar-refractivity contribution is -0.140. The van der Waals surface area contributed by atoms with Gasteiger partial charge in [-0.2, -0.15) is 0 Å². The Balaban J connectivity index is 2.57. The zero-order chi connectivity index (χ0) is 9.84. The highest BCUT2D eigenvalue weighted by Crippen LogP contribution is 2.16. The molecule has 0 bridgehead atoms. The fourth-order valence-corrected chi connectivity index (χ4v) is 1.57. The van der Waals surface area contributed by atoms with Gasteiger partial charge in [-0.3, -0.25) is 9.59 Å². The van der Waals surface area contributed by atoms with E-state index in [1.54, 1.807) is 0 Å². The molecule has 5 nitrogen and oxygen atoms in total. The summed E-state index contributed by atoms with van der Waals surface area (Å²) in [6, 6.07) is -0.428. The van der Waals surface area contributed by atoms with Crippen LogP contribution in [-0.2, 0) is 14.3 Å². The number of likely N-dealkylation sites (tertiary alicyclic amines) is 1. The molecule has 1 aliphatic heterocycles. The first kappa shape index (κ1) is 9.98. The maximum atomic E-state index is 11.4. The van der Waals surface area contributed by atoms with E-state index in [9.17, 15) is 9.59 Å². The van der Waals surface area contributed by atoms with Crippen molar-refractivity contribution in [1.82, 2.24) is 4.90 Å². The second-order valence-electron chi connectivity index (χ2n) is 3.08. The Morgan fingerprint density at radius 1 is 1.62 bits per heavy atom. The highest BCUT2D eigenvalue weighted by atomic mass is 16.5. The molecule has 13 heavy (non-hydrogen) atoms. The SMILES string of the molecule is COCC(=O)N1CCC[C@H]1C(N)=O. The van der Waals surface area contributed by atoms with E-state index >= 15 is 0 Å². The standard InChI is InChI=1S/C8H14N2O3/c1-13-5-7(11)10-4-2-3-6(10)8(9)12/h6H,2-5H2,1H3,(H2,9,12)/t6-/m0/s1. The van der Waals surface area contributed by atoms with Gasteiger partial charge in [-0.25, -0.2) is 0 Å². The number of nitrogens with two attached hydrogens (primary N) is 1. The van der Waals surface area contributed by atoms with Crippen LogP contribution >= 0.6 is 0 Å². The molecule has 0 saturated carbocycles. The Kier molecular flexibility index (Phi) is 3.25. The molecule has 1 heterocycles. The van der Waals surface area contributed by atoms with E-state index in [0.717, 1.165) is 6.42 Å². The van der Waals surface area contributed by atoms with Crippen LogP contribution in [-0.4, -0.2) is 43.0 Å². The lowest BCUT2D eigenvalue weighted by atomic mass is 10.2. The van der Waals surface area contributed by atoms with E-state index in [-0.39, 0.29) is 12.5 Å². The molecule has 1 aliphatic rings. The Labute approximate surface area is 76.8 Å². The Bertz CT molecular complexity index is 217. The summed E-state index contributed by atoms with van der Waals surface area (Å²) < 4.78 is 4.70. The van der Waals surface area contributed by atoms with Crippen LogP contribution in [0.1, 0.15) is 12.8 Å². The lowest BCUT2D eigenvalue weighted by Gasteiger charge is -2.21. The Morgan fingerprint density at radius 2 is 2.31 bits per heavy atom. The zero-order valence-corrected chi connectivity index (χ0v) is 7.66. The lowest BCUT2D eigenvalue weighted by Crippen LogP contribution is -2.45. The number of nitrogens with zero attached hydrogens (tertiary/aromatic N) is 1. The number of methoxy groups -OCH3 is 1. The average molecular weight is 186 g/mol. The van der Waals surface area contributed by atoms with Crippen molar-refractivity contribution in [3.63, 3.8) is 0 Å². The minimum Gasteiger partial charge on any atom is -0.375 e. The zero-order valence-electron chi connectivity index (χ0n) is 7.66. The third-order valence-electron chi connectivity index (χ3n) is 2.17. The van der Waals surface area contributed by atoms with E-state index in [1.165, 1.54) is 12.0 Å². The van der Waals surface area contributed by atoms with Gasteiger partial charge < -0.3 is 15.4 Å². The van der Waals surface area contributed by atoms with E-state index in [2.05, 4.69) is 0 Å². The van der Waals surface area contributed by atoms with Gasteiger partial charge >= 0.3 is 0 Å². The Hall–Kier alpha value is -1.10. The molecule has 1 rings (SSSR count). The summed E-state index contributed by atoms with van der Waals surface area (Å²) in [6.07, 6.45) is 1.51. The molecule has 0 aromatic rings. The molecule has 5 heteroatoms. The largest absolute Gasteiger partial charge is 0.375 e. The van der Waals surface area contributed by atoms with Crippen molar-refractivity contribution in [2.45, 2.75) is 18.9 Å². The van der Waals surface area contributed by atoms with Gasteiger partial charge in [-0.15, -0.1) is 0 Å². The molecule has 0 unspecified atom stereocenters. The van der Waals surface area contributed by atoms with Gasteiger partial charge in [0.2, 0.25) is 11.8 Å². The predicted octanol–water partition coefficient (Wildman–Crippen LogP) is -0.891. The number of ether oxygens (including phenoxy) is 1. The van der Waals surface area contributed by atoms with Crippen LogP contribution in [0.2, 0.25) is 0 Å². The van der Waals surface area contributed by atoms with Gasteiger partial charge in [0.1, 0.15) is 12.6 Å². The van der Waals surface area contributed by atoms with Crippen molar-refractivity contribution in [2.75, 3.05) is 20.3 Å². The maximum Gasteiger partial charge on any atom is 0.249 e. The third-order valence-corrected chi connectivity index (χ3v) is 2.17. The van der Waals surface area contributed by atoms with E-state index in [4.69, 9.17) is 10.5 Å². The van der Waals surface area contributed by atoms with Crippen LogP contribution in [0.25, 0.3) is 0 Å². The smallest absolute Gasteiger partial charge is 0.249 e. The molecule has 0 spiro atoms. The highest BCUT2D eigenvalue weighted by Gasteiger charge is 2.32. The topological polar surface area (TPSA) is 72.6 Å². The molecule has 1 fully saturated rings. The molecule has 2 amide bonds. The number of hydrogen-bond acceptors (Lipinski definition) is 3. The quantitative estimate of drug-likeness (QED) is 0.621. The fraction of sp³-hybridized carbons (Fsp3) is 0.750. The monoisotopic (exact) mass is 186 g/mol. The highest BCUT2D eigenvalue weighted by molar-refractivity contribution is 5.87. The van der Waals surface area contributed by atoms with Crippen LogP contribution < -0.4 is 5.73 Å². The fourth-order valence-electron chi connectivity index (χ4n) is 1.57. The molecule has 1 atom stereocenters. The van der Waals surface area contributed by atoms with E-state index < -0.39 is 11.9 Å². The molecule has 0 aromatic heterocycles. The van der Waals surface area contributed by atoms with Crippen LogP contribution in [0.4, 0.5) is 0 Å². The summed E-state index contributed by atoms with van der Waals surface area (Å²) in [7, 11) is 1.45. The van der Waals surface area contributed by atoms with Gasteiger partial charge in [0.25, 0.3) is 0 Å². The first-order chi connectivity index (χ1) is 6.16. The number of primary amides is 1. The summed E-state index contributed by atoms with van der Waals surface area (Å²) >= 11 is 0. The van der Waals surface area contributed by atoms with Crippen LogP contribution in [0.5, 0.6) is 0 Å². The predicted molar refractivity (Wildman–Crippen MR) is 45.8 cm³/mol. The molecule has 2 N–H and O–H groups in total. The number of rotatable bonds is 3. The van der Waals surface area contributed by atoms with E-state index in [0.29, 0.717) is 13.0 Å². The van der Waals surface area contributed by atoms with Crippen LogP contribution in [0.15, 0.2) is 0 Å².